The summed E-state index contributed by atoms with van der Waals surface area (Å²) in [6.45, 7) is 6.62. The molecule has 0 atom stereocenters. The monoisotopic (exact) mass is 343 g/mol. The van der Waals surface area contributed by atoms with Gasteiger partial charge in [-0.25, -0.2) is 4.79 Å². The molecule has 1 rings (SSSR count). The van der Waals surface area contributed by atoms with Gasteiger partial charge in [-0.3, -0.25) is 4.79 Å². The Kier molecular flexibility index (Phi) is 5.16. The van der Waals surface area contributed by atoms with Gasteiger partial charge in [0.2, 0.25) is 0 Å². The molecule has 5 nitrogen and oxygen atoms in total. The number of amides is 1. The first-order valence-corrected chi connectivity index (χ1v) is 6.94. The van der Waals surface area contributed by atoms with Crippen LogP contribution in [0.3, 0.4) is 0 Å². The lowest BCUT2D eigenvalue weighted by Gasteiger charge is -2.21. The average Bonchev–Trinajstić information content (AvgIpc) is 2.26. The molecule has 0 fully saturated rings. The number of ether oxygens (including phenoxy) is 1. The van der Waals surface area contributed by atoms with Crippen LogP contribution in [0.15, 0.2) is 22.7 Å². The fourth-order valence-corrected chi connectivity index (χ4v) is 1.92. The molecular formula is C14H18BrNO4. The predicted molar refractivity (Wildman–Crippen MR) is 79.1 cm³/mol. The molecule has 2 N–H and O–H groups in total. The van der Waals surface area contributed by atoms with Crippen LogP contribution in [0.5, 0.6) is 5.75 Å². The van der Waals surface area contributed by atoms with E-state index in [4.69, 9.17) is 9.84 Å². The van der Waals surface area contributed by atoms with Gasteiger partial charge in [0.1, 0.15) is 11.3 Å². The van der Waals surface area contributed by atoms with Gasteiger partial charge in [-0.1, -0.05) is 15.9 Å². The third-order valence-electron chi connectivity index (χ3n) is 2.47. The first-order valence-electron chi connectivity index (χ1n) is 6.15. The van der Waals surface area contributed by atoms with Crippen LogP contribution < -0.4 is 10.1 Å². The molecule has 0 saturated carbocycles. The predicted octanol–water partition coefficient (Wildman–Crippen LogP) is 2.83. The number of carbonyl (C=O) groups excluding carboxylic acids is 1. The van der Waals surface area contributed by atoms with Gasteiger partial charge in [0.25, 0.3) is 5.91 Å². The van der Waals surface area contributed by atoms with Crippen LogP contribution in [-0.4, -0.2) is 28.6 Å². The molecule has 0 bridgehead atoms. The summed E-state index contributed by atoms with van der Waals surface area (Å²) < 4.78 is 6.23. The summed E-state index contributed by atoms with van der Waals surface area (Å²) in [6, 6.07) is 4.94. The Hall–Kier alpha value is -1.56. The number of carbonyl (C=O) groups is 2. The van der Waals surface area contributed by atoms with Crippen LogP contribution >= 0.6 is 15.9 Å². The van der Waals surface area contributed by atoms with E-state index in [1.807, 2.05) is 13.8 Å². The van der Waals surface area contributed by atoms with E-state index in [-0.39, 0.29) is 6.10 Å². The van der Waals surface area contributed by atoms with Gasteiger partial charge in [0.05, 0.1) is 6.10 Å². The van der Waals surface area contributed by atoms with Gasteiger partial charge in [-0.15, -0.1) is 0 Å². The summed E-state index contributed by atoms with van der Waals surface area (Å²) >= 11 is 3.30. The molecule has 1 aromatic carbocycles. The molecule has 0 saturated heterocycles. The van der Waals surface area contributed by atoms with Crippen LogP contribution in [0.2, 0.25) is 0 Å². The van der Waals surface area contributed by atoms with Crippen LogP contribution in [-0.2, 0) is 4.79 Å². The molecular weight excluding hydrogens is 326 g/mol. The third-order valence-corrected chi connectivity index (χ3v) is 2.92. The minimum atomic E-state index is -1.33. The zero-order valence-corrected chi connectivity index (χ0v) is 13.4. The Labute approximate surface area is 126 Å². The molecule has 1 aromatic rings. The topological polar surface area (TPSA) is 75.6 Å². The largest absolute Gasteiger partial charge is 0.491 e. The van der Waals surface area contributed by atoms with Gasteiger partial charge < -0.3 is 15.2 Å². The minimum Gasteiger partial charge on any atom is -0.491 e. The summed E-state index contributed by atoms with van der Waals surface area (Å²) in [5.41, 5.74) is -0.997. The van der Waals surface area contributed by atoms with E-state index < -0.39 is 17.4 Å². The Morgan fingerprint density at radius 1 is 1.30 bits per heavy atom. The summed E-state index contributed by atoms with van der Waals surface area (Å²) in [5.74, 6) is -1.01. The van der Waals surface area contributed by atoms with Crippen molar-refractivity contribution in [2.75, 3.05) is 0 Å². The summed E-state index contributed by atoms with van der Waals surface area (Å²) in [7, 11) is 0. The molecule has 1 amide bonds. The van der Waals surface area contributed by atoms with Gasteiger partial charge in [0.15, 0.2) is 0 Å². The smallest absolute Gasteiger partial charge is 0.328 e. The van der Waals surface area contributed by atoms with E-state index in [1.165, 1.54) is 13.8 Å². The van der Waals surface area contributed by atoms with Crippen LogP contribution in [0.25, 0.3) is 0 Å². The van der Waals surface area contributed by atoms with Crippen LogP contribution in [0.4, 0.5) is 0 Å². The molecule has 0 spiro atoms. The van der Waals surface area contributed by atoms with Gasteiger partial charge in [0, 0.05) is 10.0 Å². The van der Waals surface area contributed by atoms with Crippen molar-refractivity contribution in [1.29, 1.82) is 0 Å². The van der Waals surface area contributed by atoms with E-state index >= 15 is 0 Å². The number of carboxylic acids is 1. The number of benzene rings is 1. The van der Waals surface area contributed by atoms with E-state index in [9.17, 15) is 9.59 Å². The number of carboxylic acid groups (broad SMARTS) is 1. The third kappa shape index (κ3) is 4.52. The maximum Gasteiger partial charge on any atom is 0.328 e. The van der Waals surface area contributed by atoms with Crippen molar-refractivity contribution in [3.8, 4) is 5.75 Å². The Morgan fingerprint density at radius 2 is 1.90 bits per heavy atom. The lowest BCUT2D eigenvalue weighted by molar-refractivity contribution is -0.143. The van der Waals surface area contributed by atoms with Gasteiger partial charge >= 0.3 is 5.97 Å². The molecule has 0 aliphatic carbocycles. The highest BCUT2D eigenvalue weighted by Crippen LogP contribution is 2.23. The molecule has 6 heteroatoms. The van der Waals surface area contributed by atoms with Gasteiger partial charge in [-0.2, -0.15) is 0 Å². The van der Waals surface area contributed by atoms with Gasteiger partial charge in [-0.05, 0) is 45.9 Å². The van der Waals surface area contributed by atoms with E-state index in [1.54, 1.807) is 18.2 Å². The number of halogens is 1. The van der Waals surface area contributed by atoms with Crippen molar-refractivity contribution in [2.24, 2.45) is 0 Å². The van der Waals surface area contributed by atoms with E-state index in [0.717, 1.165) is 0 Å². The second kappa shape index (κ2) is 6.26. The number of nitrogens with one attached hydrogen (secondary N) is 1. The van der Waals surface area contributed by atoms with Crippen molar-refractivity contribution in [3.63, 3.8) is 0 Å². The quantitative estimate of drug-likeness (QED) is 0.861. The first-order chi connectivity index (χ1) is 9.11. The minimum absolute atomic E-state index is 0.0179. The zero-order chi connectivity index (χ0) is 15.5. The first kappa shape index (κ1) is 16.5. The lowest BCUT2D eigenvalue weighted by atomic mass is 10.1. The highest BCUT2D eigenvalue weighted by molar-refractivity contribution is 9.10. The molecule has 20 heavy (non-hydrogen) atoms. The standard InChI is InChI=1S/C14H18BrNO4/c1-8(2)20-11-6-9(5-10(15)7-11)12(17)16-14(3,4)13(18)19/h5-8H,1-4H3,(H,16,17)(H,18,19). The van der Waals surface area contributed by atoms with Crippen molar-refractivity contribution < 1.29 is 19.4 Å². The van der Waals surface area contributed by atoms with Crippen LogP contribution in [0.1, 0.15) is 38.1 Å². The number of hydrogen-bond donors (Lipinski definition) is 2. The average molecular weight is 344 g/mol. The molecule has 0 unspecified atom stereocenters. The molecule has 0 aliphatic rings. The maximum atomic E-state index is 12.1. The highest BCUT2D eigenvalue weighted by atomic mass is 79.9. The number of hydrogen-bond acceptors (Lipinski definition) is 3. The van der Waals surface area contributed by atoms with E-state index in [2.05, 4.69) is 21.2 Å². The Balaban J connectivity index is 2.99. The molecule has 0 heterocycles. The molecule has 110 valence electrons. The summed E-state index contributed by atoms with van der Waals surface area (Å²) in [5, 5.41) is 11.5. The van der Waals surface area contributed by atoms with Crippen molar-refractivity contribution >= 4 is 27.8 Å². The molecule has 0 aliphatic heterocycles. The Bertz CT molecular complexity index is 526. The fraction of sp³-hybridized carbons (Fsp3) is 0.429. The lowest BCUT2D eigenvalue weighted by Crippen LogP contribution is -2.49. The second-order valence-electron chi connectivity index (χ2n) is 5.23. The number of rotatable bonds is 5. The fourth-order valence-electron chi connectivity index (χ4n) is 1.44. The van der Waals surface area contributed by atoms with E-state index in [0.29, 0.717) is 15.8 Å². The molecule has 0 aromatic heterocycles. The number of aliphatic carboxylic acids is 1. The highest BCUT2D eigenvalue weighted by Gasteiger charge is 2.29. The zero-order valence-electron chi connectivity index (χ0n) is 11.9. The normalized spacial score (nSPS) is 11.3. The van der Waals surface area contributed by atoms with Crippen LogP contribution in [0, 0.1) is 0 Å². The van der Waals surface area contributed by atoms with Crippen molar-refractivity contribution in [2.45, 2.75) is 39.3 Å². The summed E-state index contributed by atoms with van der Waals surface area (Å²) in [6.07, 6.45) is -0.0179. The SMILES string of the molecule is CC(C)Oc1cc(Br)cc(C(=O)NC(C)(C)C(=O)O)c1. The van der Waals surface area contributed by atoms with Crippen molar-refractivity contribution in [1.82, 2.24) is 5.32 Å². The summed E-state index contributed by atoms with van der Waals surface area (Å²) in [4.78, 5) is 23.1. The van der Waals surface area contributed by atoms with Crippen molar-refractivity contribution in [3.05, 3.63) is 28.2 Å². The maximum absolute atomic E-state index is 12.1. The second-order valence-corrected chi connectivity index (χ2v) is 6.14. The Morgan fingerprint density at radius 3 is 2.40 bits per heavy atom. The molecule has 0 radical (unpaired) electrons.